The van der Waals surface area contributed by atoms with Gasteiger partial charge in [0.15, 0.2) is 0 Å². The van der Waals surface area contributed by atoms with E-state index in [-0.39, 0.29) is 5.91 Å². The van der Waals surface area contributed by atoms with Crippen molar-refractivity contribution in [3.05, 3.63) is 157 Å². The maximum atomic E-state index is 14.3. The Balaban J connectivity index is 1.51. The first-order valence-corrected chi connectivity index (χ1v) is 14.7. The van der Waals surface area contributed by atoms with Crippen LogP contribution in [0.5, 0.6) is 0 Å². The molecule has 43 heavy (non-hydrogen) atoms. The third kappa shape index (κ3) is 3.50. The van der Waals surface area contributed by atoms with E-state index >= 15 is 0 Å². The fourth-order valence-corrected chi connectivity index (χ4v) is 7.07. The Bertz CT molecular complexity index is 2510. The normalized spacial score (nSPS) is 11.8. The van der Waals surface area contributed by atoms with E-state index in [9.17, 15) is 4.79 Å². The molecule has 9 aromatic rings. The summed E-state index contributed by atoms with van der Waals surface area (Å²) < 4.78 is 0. The van der Waals surface area contributed by atoms with Crippen molar-refractivity contribution in [3.8, 4) is 0 Å². The SMILES string of the molecule is O=C(c1ccccc1)N(c1ccccc1)c1cc2ccc3cccc4c5cccc6ccc7cccc(c(c1)c2c34)c7c65. The van der Waals surface area contributed by atoms with E-state index in [1.807, 2.05) is 65.6 Å². The molecule has 0 N–H and O–H groups in total. The van der Waals surface area contributed by atoms with Gasteiger partial charge in [-0.2, -0.15) is 0 Å². The van der Waals surface area contributed by atoms with Crippen molar-refractivity contribution < 1.29 is 4.79 Å². The van der Waals surface area contributed by atoms with E-state index in [2.05, 4.69) is 91.0 Å². The average Bonchev–Trinajstić information content (AvgIpc) is 3.07. The molecule has 0 aliphatic carbocycles. The van der Waals surface area contributed by atoms with Gasteiger partial charge < -0.3 is 0 Å². The number of fused-ring (bicyclic) bond motifs is 2. The standard InChI is InChI=1S/C41H25NO/c43-41(29-10-3-1-4-11-29)42(31-15-5-2-6-16-31)32-24-30-23-22-28-13-8-18-34-33-17-7-12-26-20-21-27-14-9-19-35(39(27)37(26)33)36(25-32)40(30)38(28)34/h1-25H. The molecule has 0 aromatic heterocycles. The lowest BCUT2D eigenvalue weighted by atomic mass is 9.87. The third-order valence-electron chi connectivity index (χ3n) is 8.91. The zero-order valence-electron chi connectivity index (χ0n) is 23.3. The van der Waals surface area contributed by atoms with Crippen molar-refractivity contribution in [3.63, 3.8) is 0 Å². The molecule has 0 aliphatic rings. The number of amides is 1. The van der Waals surface area contributed by atoms with Gasteiger partial charge in [0, 0.05) is 11.3 Å². The van der Waals surface area contributed by atoms with Crippen molar-refractivity contribution in [2.45, 2.75) is 0 Å². The number of nitrogens with zero attached hydrogens (tertiary/aromatic N) is 1. The summed E-state index contributed by atoms with van der Waals surface area (Å²) in [5, 5.41) is 14.6. The summed E-state index contributed by atoms with van der Waals surface area (Å²) in [4.78, 5) is 16.1. The van der Waals surface area contributed by atoms with Crippen molar-refractivity contribution in [2.24, 2.45) is 0 Å². The number of carbonyl (C=O) groups excluding carboxylic acids is 1. The number of carbonyl (C=O) groups is 1. The van der Waals surface area contributed by atoms with E-state index in [0.717, 1.165) is 22.1 Å². The second-order valence-corrected chi connectivity index (χ2v) is 11.3. The molecule has 0 aliphatic heterocycles. The molecule has 0 radical (unpaired) electrons. The van der Waals surface area contributed by atoms with Gasteiger partial charge in [-0.3, -0.25) is 9.69 Å². The van der Waals surface area contributed by atoms with Crippen LogP contribution in [-0.4, -0.2) is 5.91 Å². The number of hydrogen-bond donors (Lipinski definition) is 0. The first-order chi connectivity index (χ1) is 21.3. The molecule has 2 nitrogen and oxygen atoms in total. The van der Waals surface area contributed by atoms with Gasteiger partial charge in [-0.15, -0.1) is 0 Å². The van der Waals surface area contributed by atoms with E-state index < -0.39 is 0 Å². The van der Waals surface area contributed by atoms with Crippen LogP contribution in [0.1, 0.15) is 10.4 Å². The van der Waals surface area contributed by atoms with Crippen LogP contribution in [0.15, 0.2) is 152 Å². The Hall–Kier alpha value is -5.73. The third-order valence-corrected chi connectivity index (χ3v) is 8.91. The summed E-state index contributed by atoms with van der Waals surface area (Å²) in [5.74, 6) is -0.0590. The first kappa shape index (κ1) is 23.9. The maximum absolute atomic E-state index is 14.3. The zero-order chi connectivity index (χ0) is 28.5. The largest absolute Gasteiger partial charge is 0.277 e. The molecule has 0 heterocycles. The molecule has 1 amide bonds. The summed E-state index contributed by atoms with van der Waals surface area (Å²) in [6.07, 6.45) is 0. The Morgan fingerprint density at radius 3 is 1.40 bits per heavy atom. The second kappa shape index (κ2) is 9.14. The predicted octanol–water partition coefficient (Wildman–Crippen LogP) is 11.0. The lowest BCUT2D eigenvalue weighted by molar-refractivity contribution is 0.0999. The average molecular weight is 548 g/mol. The molecule has 0 spiro atoms. The number of anilines is 2. The fraction of sp³-hybridized carbons (Fsp3) is 0. The van der Waals surface area contributed by atoms with Crippen molar-refractivity contribution in [2.75, 3.05) is 4.90 Å². The van der Waals surface area contributed by atoms with Crippen LogP contribution in [0.3, 0.4) is 0 Å². The minimum Gasteiger partial charge on any atom is -0.277 e. The van der Waals surface area contributed by atoms with E-state index in [0.29, 0.717) is 5.56 Å². The lowest BCUT2D eigenvalue weighted by Gasteiger charge is -2.25. The predicted molar refractivity (Wildman–Crippen MR) is 182 cm³/mol. The Kier molecular flexibility index (Phi) is 5.08. The topological polar surface area (TPSA) is 20.3 Å². The van der Waals surface area contributed by atoms with Crippen LogP contribution in [0.4, 0.5) is 11.4 Å². The molecule has 0 unspecified atom stereocenters. The van der Waals surface area contributed by atoms with Crippen LogP contribution in [0, 0.1) is 0 Å². The summed E-state index contributed by atoms with van der Waals surface area (Å²) in [6, 6.07) is 52.7. The molecule has 0 atom stereocenters. The van der Waals surface area contributed by atoms with Gasteiger partial charge in [0.1, 0.15) is 0 Å². The first-order valence-electron chi connectivity index (χ1n) is 14.7. The molecule has 9 rings (SSSR count). The van der Waals surface area contributed by atoms with Crippen molar-refractivity contribution in [1.29, 1.82) is 0 Å². The van der Waals surface area contributed by atoms with Crippen molar-refractivity contribution >= 4 is 81.9 Å². The molecule has 0 fully saturated rings. The Morgan fingerprint density at radius 2 is 0.837 bits per heavy atom. The highest BCUT2D eigenvalue weighted by Gasteiger charge is 2.22. The number of hydrogen-bond acceptors (Lipinski definition) is 1. The maximum Gasteiger partial charge on any atom is 0.262 e. The molecule has 0 bridgehead atoms. The second-order valence-electron chi connectivity index (χ2n) is 11.3. The summed E-state index contributed by atoms with van der Waals surface area (Å²) in [6.45, 7) is 0. The molecule has 0 saturated heterocycles. The van der Waals surface area contributed by atoms with Crippen LogP contribution in [0.25, 0.3) is 64.6 Å². The van der Waals surface area contributed by atoms with Gasteiger partial charge in [-0.25, -0.2) is 0 Å². The van der Waals surface area contributed by atoms with Gasteiger partial charge in [-0.1, -0.05) is 115 Å². The summed E-state index contributed by atoms with van der Waals surface area (Å²) >= 11 is 0. The number of para-hydroxylation sites is 1. The summed E-state index contributed by atoms with van der Waals surface area (Å²) in [7, 11) is 0. The Morgan fingerprint density at radius 1 is 0.372 bits per heavy atom. The number of rotatable bonds is 3. The molecular formula is C41H25NO. The minimum atomic E-state index is -0.0590. The van der Waals surface area contributed by atoms with Gasteiger partial charge in [-0.05, 0) is 101 Å². The van der Waals surface area contributed by atoms with Crippen LogP contribution in [0.2, 0.25) is 0 Å². The Labute approximate surface area is 248 Å². The van der Waals surface area contributed by atoms with E-state index in [4.69, 9.17) is 0 Å². The lowest BCUT2D eigenvalue weighted by Crippen LogP contribution is -2.25. The molecule has 9 aromatic carbocycles. The smallest absolute Gasteiger partial charge is 0.262 e. The quantitative estimate of drug-likeness (QED) is 0.201. The van der Waals surface area contributed by atoms with Gasteiger partial charge in [0.05, 0.1) is 5.69 Å². The minimum absolute atomic E-state index is 0.0590. The van der Waals surface area contributed by atoms with E-state index in [1.165, 1.54) is 53.9 Å². The zero-order valence-corrected chi connectivity index (χ0v) is 23.3. The summed E-state index contributed by atoms with van der Waals surface area (Å²) in [5.41, 5.74) is 2.33. The molecule has 0 saturated carbocycles. The van der Waals surface area contributed by atoms with Gasteiger partial charge >= 0.3 is 0 Å². The van der Waals surface area contributed by atoms with Gasteiger partial charge in [0.25, 0.3) is 5.91 Å². The highest BCUT2D eigenvalue weighted by atomic mass is 16.2. The fourth-order valence-electron chi connectivity index (χ4n) is 7.07. The number of benzene rings is 8. The molecule has 200 valence electrons. The van der Waals surface area contributed by atoms with E-state index in [1.54, 1.807) is 0 Å². The van der Waals surface area contributed by atoms with Crippen LogP contribution < -0.4 is 4.90 Å². The van der Waals surface area contributed by atoms with Gasteiger partial charge in [0.2, 0.25) is 0 Å². The highest BCUT2D eigenvalue weighted by Crippen LogP contribution is 2.45. The monoisotopic (exact) mass is 547 g/mol. The molecular weight excluding hydrogens is 522 g/mol. The molecule has 2 heteroatoms. The van der Waals surface area contributed by atoms with Crippen LogP contribution in [-0.2, 0) is 0 Å². The van der Waals surface area contributed by atoms with Crippen molar-refractivity contribution in [1.82, 2.24) is 0 Å². The van der Waals surface area contributed by atoms with Crippen LogP contribution >= 0.6 is 0 Å². The highest BCUT2D eigenvalue weighted by molar-refractivity contribution is 6.37.